The number of aryl methyl sites for hydroxylation is 1. The summed E-state index contributed by atoms with van der Waals surface area (Å²) in [6, 6.07) is 12.5. The van der Waals surface area contributed by atoms with Gasteiger partial charge < -0.3 is 15.4 Å². The zero-order valence-corrected chi connectivity index (χ0v) is 17.1. The van der Waals surface area contributed by atoms with Crippen LogP contribution in [-0.4, -0.2) is 29.4 Å². The van der Waals surface area contributed by atoms with Gasteiger partial charge in [0.15, 0.2) is 0 Å². The predicted molar refractivity (Wildman–Crippen MR) is 113 cm³/mol. The molecule has 2 N–H and O–H groups in total. The van der Waals surface area contributed by atoms with Crippen molar-refractivity contribution in [1.82, 2.24) is 0 Å². The number of amides is 2. The van der Waals surface area contributed by atoms with Crippen LogP contribution in [0.2, 0.25) is 5.02 Å². The van der Waals surface area contributed by atoms with Crippen molar-refractivity contribution in [3.8, 4) is 5.75 Å². The van der Waals surface area contributed by atoms with Crippen LogP contribution in [0.4, 0.5) is 11.4 Å². The van der Waals surface area contributed by atoms with Crippen molar-refractivity contribution in [3.63, 3.8) is 0 Å². The maximum absolute atomic E-state index is 12.3. The highest BCUT2D eigenvalue weighted by molar-refractivity contribution is 8.01. The minimum absolute atomic E-state index is 0.153. The van der Waals surface area contributed by atoms with Crippen molar-refractivity contribution in [2.75, 3.05) is 23.0 Å². The number of rotatable bonds is 8. The molecule has 0 spiro atoms. The first-order valence-corrected chi connectivity index (χ1v) is 10.0. The van der Waals surface area contributed by atoms with Crippen molar-refractivity contribution >= 4 is 46.6 Å². The van der Waals surface area contributed by atoms with Gasteiger partial charge in [-0.3, -0.25) is 9.59 Å². The van der Waals surface area contributed by atoms with Gasteiger partial charge in [-0.25, -0.2) is 0 Å². The Morgan fingerprint density at radius 2 is 1.85 bits per heavy atom. The molecule has 7 heteroatoms. The highest BCUT2D eigenvalue weighted by Gasteiger charge is 2.16. The molecule has 0 saturated heterocycles. The number of halogens is 1. The molecule has 27 heavy (non-hydrogen) atoms. The Morgan fingerprint density at radius 3 is 2.48 bits per heavy atom. The smallest absolute Gasteiger partial charge is 0.237 e. The summed E-state index contributed by atoms with van der Waals surface area (Å²) in [6.45, 7) is 6.16. The second kappa shape index (κ2) is 10.2. The van der Waals surface area contributed by atoms with E-state index in [1.165, 1.54) is 11.8 Å². The lowest BCUT2D eigenvalue weighted by molar-refractivity contribution is -0.115. The van der Waals surface area contributed by atoms with E-state index < -0.39 is 0 Å². The van der Waals surface area contributed by atoms with Gasteiger partial charge in [-0.05, 0) is 68.8 Å². The highest BCUT2D eigenvalue weighted by Crippen LogP contribution is 2.21. The topological polar surface area (TPSA) is 67.4 Å². The molecular weight excluding hydrogens is 384 g/mol. The molecule has 0 bridgehead atoms. The molecule has 2 aromatic carbocycles. The fraction of sp³-hybridized carbons (Fsp3) is 0.300. The van der Waals surface area contributed by atoms with Crippen molar-refractivity contribution < 1.29 is 14.3 Å². The van der Waals surface area contributed by atoms with E-state index in [4.69, 9.17) is 16.3 Å². The molecule has 0 heterocycles. The molecular formula is C20H23ClN2O3S. The maximum Gasteiger partial charge on any atom is 0.237 e. The maximum atomic E-state index is 12.3. The molecule has 0 aromatic heterocycles. The van der Waals surface area contributed by atoms with Gasteiger partial charge >= 0.3 is 0 Å². The van der Waals surface area contributed by atoms with Crippen LogP contribution in [-0.2, 0) is 9.59 Å². The largest absolute Gasteiger partial charge is 0.494 e. The molecule has 0 aliphatic rings. The number of carbonyl (C=O) groups is 2. The van der Waals surface area contributed by atoms with Crippen LogP contribution in [0.5, 0.6) is 5.75 Å². The van der Waals surface area contributed by atoms with Crippen molar-refractivity contribution in [1.29, 1.82) is 0 Å². The van der Waals surface area contributed by atoms with Crippen LogP contribution < -0.4 is 15.4 Å². The summed E-state index contributed by atoms with van der Waals surface area (Å²) in [4.78, 5) is 24.4. The van der Waals surface area contributed by atoms with Gasteiger partial charge in [0.05, 0.1) is 17.6 Å². The van der Waals surface area contributed by atoms with Gasteiger partial charge in [0.1, 0.15) is 5.75 Å². The second-order valence-corrected chi connectivity index (χ2v) is 7.67. The number of benzene rings is 2. The van der Waals surface area contributed by atoms with Gasteiger partial charge in [0, 0.05) is 16.4 Å². The quantitative estimate of drug-likeness (QED) is 0.664. The number of nitrogens with one attached hydrogen (secondary N) is 2. The Morgan fingerprint density at radius 1 is 1.15 bits per heavy atom. The number of anilines is 2. The van der Waals surface area contributed by atoms with E-state index in [9.17, 15) is 9.59 Å². The Hall–Kier alpha value is -2.18. The fourth-order valence-electron chi connectivity index (χ4n) is 2.28. The summed E-state index contributed by atoms with van der Waals surface area (Å²) in [7, 11) is 0. The fourth-order valence-corrected chi connectivity index (χ4v) is 3.19. The van der Waals surface area contributed by atoms with Crippen molar-refractivity contribution in [2.24, 2.45) is 0 Å². The van der Waals surface area contributed by atoms with E-state index in [0.29, 0.717) is 17.3 Å². The normalized spacial score (nSPS) is 11.6. The van der Waals surface area contributed by atoms with Crippen LogP contribution in [0.25, 0.3) is 0 Å². The molecule has 1 unspecified atom stereocenters. The average molecular weight is 407 g/mol. The zero-order chi connectivity index (χ0) is 19.8. The van der Waals surface area contributed by atoms with Crippen LogP contribution >= 0.6 is 23.4 Å². The number of hydrogen-bond donors (Lipinski definition) is 2. The van der Waals surface area contributed by atoms with E-state index in [-0.39, 0.29) is 22.8 Å². The molecule has 5 nitrogen and oxygen atoms in total. The summed E-state index contributed by atoms with van der Waals surface area (Å²) in [6.07, 6.45) is 0. The Labute approximate surface area is 168 Å². The van der Waals surface area contributed by atoms with E-state index in [1.807, 2.05) is 13.8 Å². The molecule has 2 aromatic rings. The minimum Gasteiger partial charge on any atom is -0.494 e. The summed E-state index contributed by atoms with van der Waals surface area (Å²) in [5.41, 5.74) is 2.30. The van der Waals surface area contributed by atoms with Gasteiger partial charge in [-0.15, -0.1) is 11.8 Å². The third-order valence-corrected chi connectivity index (χ3v) is 5.11. The summed E-state index contributed by atoms with van der Waals surface area (Å²) in [5.74, 6) is 0.623. The Bertz CT molecular complexity index is 796. The molecule has 0 fully saturated rings. The first-order valence-electron chi connectivity index (χ1n) is 8.60. The molecule has 0 aliphatic carbocycles. The third-order valence-electron chi connectivity index (χ3n) is 3.73. The van der Waals surface area contributed by atoms with Gasteiger partial charge in [-0.2, -0.15) is 0 Å². The lowest BCUT2D eigenvalue weighted by atomic mass is 10.2. The standard InChI is InChI=1S/C20H23ClN2O3S/c1-4-26-17-8-6-16(7-9-17)22-20(25)14(3)27-12-19(24)23-18-10-5-15(21)11-13(18)2/h5-11,14H,4,12H2,1-3H3,(H,22,25)(H,23,24). The lowest BCUT2D eigenvalue weighted by Gasteiger charge is -2.13. The Kier molecular flexibility index (Phi) is 8.00. The summed E-state index contributed by atoms with van der Waals surface area (Å²) >= 11 is 7.19. The van der Waals surface area contributed by atoms with Crippen LogP contribution in [0, 0.1) is 6.92 Å². The van der Waals surface area contributed by atoms with E-state index in [1.54, 1.807) is 49.4 Å². The number of thioether (sulfide) groups is 1. The number of hydrogen-bond acceptors (Lipinski definition) is 4. The van der Waals surface area contributed by atoms with E-state index in [0.717, 1.165) is 17.0 Å². The second-order valence-electron chi connectivity index (χ2n) is 5.91. The van der Waals surface area contributed by atoms with Gasteiger partial charge in [0.2, 0.25) is 11.8 Å². The first kappa shape index (κ1) is 21.1. The van der Waals surface area contributed by atoms with Crippen molar-refractivity contribution in [3.05, 3.63) is 53.1 Å². The number of carbonyl (C=O) groups excluding carboxylic acids is 2. The van der Waals surface area contributed by atoms with E-state index >= 15 is 0 Å². The molecule has 2 amide bonds. The number of ether oxygens (including phenoxy) is 1. The summed E-state index contributed by atoms with van der Waals surface area (Å²) < 4.78 is 5.37. The monoisotopic (exact) mass is 406 g/mol. The van der Waals surface area contributed by atoms with Gasteiger partial charge in [0.25, 0.3) is 0 Å². The Balaban J connectivity index is 1.80. The van der Waals surface area contributed by atoms with Crippen LogP contribution in [0.1, 0.15) is 19.4 Å². The molecule has 144 valence electrons. The minimum atomic E-state index is -0.367. The van der Waals surface area contributed by atoms with Crippen molar-refractivity contribution in [2.45, 2.75) is 26.0 Å². The predicted octanol–water partition coefficient (Wildman–Crippen LogP) is 4.75. The average Bonchev–Trinajstić information content (AvgIpc) is 2.64. The summed E-state index contributed by atoms with van der Waals surface area (Å²) in [5, 5.41) is 5.93. The zero-order valence-electron chi connectivity index (χ0n) is 15.5. The van der Waals surface area contributed by atoms with Gasteiger partial charge in [-0.1, -0.05) is 11.6 Å². The lowest BCUT2D eigenvalue weighted by Crippen LogP contribution is -2.25. The molecule has 0 aliphatic heterocycles. The molecule has 0 radical (unpaired) electrons. The molecule has 2 rings (SSSR count). The van der Waals surface area contributed by atoms with Crippen LogP contribution in [0.15, 0.2) is 42.5 Å². The van der Waals surface area contributed by atoms with Crippen LogP contribution in [0.3, 0.4) is 0 Å². The van der Waals surface area contributed by atoms with E-state index in [2.05, 4.69) is 10.6 Å². The molecule has 1 atom stereocenters. The first-order chi connectivity index (χ1) is 12.9. The molecule has 0 saturated carbocycles. The highest BCUT2D eigenvalue weighted by atomic mass is 35.5. The third kappa shape index (κ3) is 6.81. The SMILES string of the molecule is CCOc1ccc(NC(=O)C(C)SCC(=O)Nc2ccc(Cl)cc2C)cc1.